The first-order valence-electron chi connectivity index (χ1n) is 7.39. The van der Waals surface area contributed by atoms with Crippen molar-refractivity contribution in [1.82, 2.24) is 10.6 Å². The van der Waals surface area contributed by atoms with E-state index in [0.717, 1.165) is 0 Å². The van der Waals surface area contributed by atoms with Crippen molar-refractivity contribution in [2.75, 3.05) is 13.2 Å². The highest BCUT2D eigenvalue weighted by molar-refractivity contribution is 5.93. The van der Waals surface area contributed by atoms with E-state index in [0.29, 0.717) is 6.42 Å². The molecule has 124 valence electrons. The van der Waals surface area contributed by atoms with Gasteiger partial charge in [0.05, 0.1) is 13.2 Å². The van der Waals surface area contributed by atoms with E-state index in [2.05, 4.69) is 10.6 Å². The van der Waals surface area contributed by atoms with E-state index in [9.17, 15) is 19.2 Å². The predicted molar refractivity (Wildman–Crippen MR) is 75.6 cm³/mol. The van der Waals surface area contributed by atoms with Crippen LogP contribution in [-0.4, -0.2) is 49.1 Å². The fraction of sp³-hybridized carbons (Fsp3) is 0.714. The van der Waals surface area contributed by atoms with Gasteiger partial charge in [-0.05, 0) is 26.7 Å². The number of carbonyl (C=O) groups excluding carboxylic acids is 4. The number of esters is 2. The molecule has 0 spiro atoms. The summed E-state index contributed by atoms with van der Waals surface area (Å²) < 4.78 is 9.68. The van der Waals surface area contributed by atoms with Crippen molar-refractivity contribution < 1.29 is 28.7 Å². The molecule has 0 aromatic heterocycles. The highest BCUT2D eigenvalue weighted by atomic mass is 16.5. The first-order chi connectivity index (χ1) is 10.5. The zero-order valence-electron chi connectivity index (χ0n) is 12.8. The molecule has 1 aliphatic rings. The third kappa shape index (κ3) is 5.71. The van der Waals surface area contributed by atoms with E-state index >= 15 is 0 Å². The molecule has 1 saturated heterocycles. The van der Waals surface area contributed by atoms with Crippen molar-refractivity contribution >= 4 is 23.8 Å². The number of carbonyl (C=O) groups is 4. The van der Waals surface area contributed by atoms with E-state index in [1.807, 2.05) is 0 Å². The van der Waals surface area contributed by atoms with Gasteiger partial charge in [0.25, 0.3) is 0 Å². The summed E-state index contributed by atoms with van der Waals surface area (Å²) >= 11 is 0. The van der Waals surface area contributed by atoms with Crippen LogP contribution in [-0.2, 0) is 28.7 Å². The van der Waals surface area contributed by atoms with Crippen LogP contribution in [0.2, 0.25) is 0 Å². The van der Waals surface area contributed by atoms with E-state index in [1.54, 1.807) is 13.8 Å². The minimum Gasteiger partial charge on any atom is -0.466 e. The van der Waals surface area contributed by atoms with Crippen molar-refractivity contribution in [2.45, 2.75) is 51.6 Å². The molecule has 1 aliphatic heterocycles. The van der Waals surface area contributed by atoms with E-state index in [1.165, 1.54) is 0 Å². The Balaban J connectivity index is 2.57. The quantitative estimate of drug-likeness (QED) is 0.593. The zero-order valence-corrected chi connectivity index (χ0v) is 12.8. The van der Waals surface area contributed by atoms with Gasteiger partial charge in [0.2, 0.25) is 11.8 Å². The van der Waals surface area contributed by atoms with Gasteiger partial charge in [0.15, 0.2) is 0 Å². The summed E-state index contributed by atoms with van der Waals surface area (Å²) in [6.45, 7) is 3.76. The van der Waals surface area contributed by atoms with Crippen LogP contribution in [0.5, 0.6) is 0 Å². The first kappa shape index (κ1) is 17.9. The summed E-state index contributed by atoms with van der Waals surface area (Å²) in [7, 11) is 0. The lowest BCUT2D eigenvalue weighted by Gasteiger charge is -2.19. The predicted octanol–water partition coefficient (Wildman–Crippen LogP) is -0.344. The molecule has 0 aromatic rings. The van der Waals surface area contributed by atoms with E-state index in [4.69, 9.17) is 9.47 Å². The fourth-order valence-electron chi connectivity index (χ4n) is 2.07. The second-order valence-corrected chi connectivity index (χ2v) is 4.82. The highest BCUT2D eigenvalue weighted by Gasteiger charge is 2.31. The van der Waals surface area contributed by atoms with Crippen molar-refractivity contribution in [2.24, 2.45) is 0 Å². The van der Waals surface area contributed by atoms with Crippen LogP contribution in [0.15, 0.2) is 0 Å². The van der Waals surface area contributed by atoms with E-state index < -0.39 is 29.9 Å². The number of ether oxygens (including phenoxy) is 2. The molecule has 1 heterocycles. The van der Waals surface area contributed by atoms with Gasteiger partial charge in [-0.15, -0.1) is 0 Å². The minimum atomic E-state index is -0.936. The lowest BCUT2D eigenvalue weighted by molar-refractivity contribution is -0.149. The maximum atomic E-state index is 12.0. The number of rotatable bonds is 8. The van der Waals surface area contributed by atoms with Crippen LogP contribution >= 0.6 is 0 Å². The number of hydrogen-bond donors (Lipinski definition) is 2. The van der Waals surface area contributed by atoms with Gasteiger partial charge in [-0.1, -0.05) is 0 Å². The summed E-state index contributed by atoms with van der Waals surface area (Å²) in [5, 5.41) is 5.05. The summed E-state index contributed by atoms with van der Waals surface area (Å²) in [5.41, 5.74) is 0. The van der Waals surface area contributed by atoms with Gasteiger partial charge in [-0.3, -0.25) is 14.4 Å². The number of amides is 2. The van der Waals surface area contributed by atoms with Gasteiger partial charge < -0.3 is 20.1 Å². The van der Waals surface area contributed by atoms with Gasteiger partial charge >= 0.3 is 11.9 Å². The maximum absolute atomic E-state index is 12.0. The second-order valence-electron chi connectivity index (χ2n) is 4.82. The molecular formula is C14H22N2O6. The first-order valence-corrected chi connectivity index (χ1v) is 7.39. The Labute approximate surface area is 128 Å². The monoisotopic (exact) mass is 314 g/mol. The smallest absolute Gasteiger partial charge is 0.328 e. The maximum Gasteiger partial charge on any atom is 0.328 e. The lowest BCUT2D eigenvalue weighted by atomic mass is 10.1. The van der Waals surface area contributed by atoms with Crippen molar-refractivity contribution in [3.63, 3.8) is 0 Å². The highest BCUT2D eigenvalue weighted by Crippen LogP contribution is 2.08. The molecule has 0 aliphatic carbocycles. The van der Waals surface area contributed by atoms with Crippen LogP contribution in [0.25, 0.3) is 0 Å². The Bertz CT molecular complexity index is 437. The molecule has 0 bridgehead atoms. The van der Waals surface area contributed by atoms with Crippen LogP contribution in [0, 0.1) is 0 Å². The molecule has 1 fully saturated rings. The van der Waals surface area contributed by atoms with Crippen LogP contribution in [0.3, 0.4) is 0 Å². The van der Waals surface area contributed by atoms with Gasteiger partial charge in [-0.25, -0.2) is 4.79 Å². The van der Waals surface area contributed by atoms with Crippen molar-refractivity contribution in [3.8, 4) is 0 Å². The summed E-state index contributed by atoms with van der Waals surface area (Å²) in [5.74, 6) is -1.70. The normalized spacial score (nSPS) is 18.3. The third-order valence-corrected chi connectivity index (χ3v) is 3.14. The Morgan fingerprint density at radius 1 is 1.27 bits per heavy atom. The van der Waals surface area contributed by atoms with Crippen molar-refractivity contribution in [3.05, 3.63) is 0 Å². The molecule has 0 radical (unpaired) electrons. The Morgan fingerprint density at radius 2 is 1.95 bits per heavy atom. The lowest BCUT2D eigenvalue weighted by Crippen LogP contribution is -2.49. The molecule has 0 aromatic carbocycles. The van der Waals surface area contributed by atoms with Crippen LogP contribution in [0.1, 0.15) is 39.5 Å². The van der Waals surface area contributed by atoms with Gasteiger partial charge in [0.1, 0.15) is 12.1 Å². The molecule has 8 heteroatoms. The summed E-state index contributed by atoms with van der Waals surface area (Å²) in [6.07, 6.45) is 0.752. The van der Waals surface area contributed by atoms with Crippen LogP contribution < -0.4 is 10.6 Å². The standard InChI is InChI=1S/C14H22N2O6/c1-3-21-12(18)8-6-10(14(20)22-4-2)16-13(19)9-5-7-11(17)15-9/h9-10H,3-8H2,1-2H3,(H,15,17)(H,16,19). The molecule has 2 unspecified atom stereocenters. The van der Waals surface area contributed by atoms with Gasteiger partial charge in [-0.2, -0.15) is 0 Å². The van der Waals surface area contributed by atoms with E-state index in [-0.39, 0.29) is 38.4 Å². The average Bonchev–Trinajstić information content (AvgIpc) is 2.90. The molecule has 8 nitrogen and oxygen atoms in total. The fourth-order valence-corrected chi connectivity index (χ4v) is 2.07. The van der Waals surface area contributed by atoms with Gasteiger partial charge in [0, 0.05) is 12.8 Å². The molecule has 2 atom stereocenters. The summed E-state index contributed by atoms with van der Waals surface area (Å²) in [6, 6.07) is -1.58. The molecule has 22 heavy (non-hydrogen) atoms. The second kappa shape index (κ2) is 9.01. The molecule has 1 rings (SSSR count). The third-order valence-electron chi connectivity index (χ3n) is 3.14. The molecule has 2 amide bonds. The Kier molecular flexibility index (Phi) is 7.34. The van der Waals surface area contributed by atoms with Crippen LogP contribution in [0.4, 0.5) is 0 Å². The Hall–Kier alpha value is -2.12. The average molecular weight is 314 g/mol. The molecule has 2 N–H and O–H groups in total. The minimum absolute atomic E-state index is 0.00533. The Morgan fingerprint density at radius 3 is 2.50 bits per heavy atom. The molecule has 0 saturated carbocycles. The summed E-state index contributed by atoms with van der Waals surface area (Å²) in [4.78, 5) is 46.4. The number of hydrogen-bond acceptors (Lipinski definition) is 6. The topological polar surface area (TPSA) is 111 Å². The molecular weight excluding hydrogens is 292 g/mol. The number of nitrogens with one attached hydrogen (secondary N) is 2. The van der Waals surface area contributed by atoms with Crippen molar-refractivity contribution in [1.29, 1.82) is 0 Å². The largest absolute Gasteiger partial charge is 0.466 e. The SMILES string of the molecule is CCOC(=O)CCC(NC(=O)C1CCC(=O)N1)C(=O)OCC. The zero-order chi connectivity index (χ0) is 16.5.